The van der Waals surface area contributed by atoms with Crippen molar-refractivity contribution in [3.8, 4) is 34.5 Å². The molecule has 0 radical (unpaired) electrons. The van der Waals surface area contributed by atoms with Gasteiger partial charge >= 0.3 is 0 Å². The van der Waals surface area contributed by atoms with Crippen molar-refractivity contribution in [3.63, 3.8) is 0 Å². The molecule has 0 fully saturated rings. The summed E-state index contributed by atoms with van der Waals surface area (Å²) in [6, 6.07) is 24.6. The van der Waals surface area contributed by atoms with Gasteiger partial charge in [0.05, 0.1) is 17.1 Å². The summed E-state index contributed by atoms with van der Waals surface area (Å²) >= 11 is 1.89. The van der Waals surface area contributed by atoms with Gasteiger partial charge in [0, 0.05) is 49.6 Å². The fraction of sp³-hybridized carbons (Fsp3) is 0.289. The van der Waals surface area contributed by atoms with Gasteiger partial charge in [-0.3, -0.25) is 0 Å². The van der Waals surface area contributed by atoms with Crippen LogP contribution < -0.4 is 53.9 Å². The summed E-state index contributed by atoms with van der Waals surface area (Å²) in [5.74, 6) is 4.60. The van der Waals surface area contributed by atoms with Gasteiger partial charge in [0.2, 0.25) is 20.4 Å². The van der Waals surface area contributed by atoms with E-state index in [1.54, 1.807) is 0 Å². The molecule has 1 aromatic heterocycles. The predicted molar refractivity (Wildman–Crippen MR) is 221 cm³/mol. The number of aryl methyl sites for hydroxylation is 1. The lowest BCUT2D eigenvalue weighted by molar-refractivity contribution is 0.173. The lowest BCUT2D eigenvalue weighted by Crippen LogP contribution is -2.60. The van der Waals surface area contributed by atoms with Crippen LogP contribution in [0.5, 0.6) is 34.5 Å². The van der Waals surface area contributed by atoms with Crippen LogP contribution in [0.2, 0.25) is 0 Å². The minimum absolute atomic E-state index is 0.0297. The maximum Gasteiger partial charge on any atom is 0.264 e. The number of fused-ring (bicyclic) bond motifs is 9. The van der Waals surface area contributed by atoms with E-state index in [0.29, 0.717) is 0 Å². The summed E-state index contributed by atoms with van der Waals surface area (Å²) in [5, 5.41) is 1.25. The zero-order valence-electron chi connectivity index (χ0n) is 32.3. The lowest BCUT2D eigenvalue weighted by Gasteiger charge is -2.44. The Morgan fingerprint density at radius 2 is 1.24 bits per heavy atom. The lowest BCUT2D eigenvalue weighted by atomic mass is 9.36. The summed E-state index contributed by atoms with van der Waals surface area (Å²) in [6.45, 7) is 18.7. The monoisotopic (exact) mass is 748 g/mol. The van der Waals surface area contributed by atoms with Gasteiger partial charge in [-0.05, 0) is 101 Å². The Morgan fingerprint density at radius 3 is 1.98 bits per heavy atom. The zero-order valence-corrected chi connectivity index (χ0v) is 33.1. The van der Waals surface area contributed by atoms with Crippen LogP contribution in [0.25, 0.3) is 10.1 Å². The third-order valence-electron chi connectivity index (χ3n) is 11.8. The summed E-state index contributed by atoms with van der Waals surface area (Å²) in [4.78, 5) is 4.94. The van der Waals surface area contributed by atoms with Gasteiger partial charge in [-0.25, -0.2) is 0 Å². The van der Waals surface area contributed by atoms with E-state index < -0.39 is 0 Å². The smallest absolute Gasteiger partial charge is 0.264 e. The second kappa shape index (κ2) is 11.1. The van der Waals surface area contributed by atoms with Crippen LogP contribution >= 0.6 is 11.3 Å². The average molecular weight is 749 g/mol. The molecule has 8 nitrogen and oxygen atoms in total. The van der Waals surface area contributed by atoms with Crippen LogP contribution in [0.4, 0.5) is 34.1 Å². The Balaban J connectivity index is 1.30. The predicted octanol–water partition coefficient (Wildman–Crippen LogP) is 9.38. The molecule has 0 bridgehead atoms. The van der Waals surface area contributed by atoms with Crippen LogP contribution in [-0.2, 0) is 10.8 Å². The highest BCUT2D eigenvalue weighted by atomic mass is 32.1. The van der Waals surface area contributed by atoms with E-state index in [1.807, 2.05) is 17.4 Å². The number of rotatable bonds is 2. The fourth-order valence-electron chi connectivity index (χ4n) is 9.00. The first-order valence-corrected chi connectivity index (χ1v) is 19.8. The molecule has 5 aliphatic heterocycles. The SMILES string of the molecule is Cc1cc2c(c(C)c1N1c3cc(C(C)(C)C)cc4c3B(c3cc5c(cc3N4c3ccc4c(c3)OCO4)OCO5)c3sc4ccc(C(C)(C)C)cc4c31)OCO2. The van der Waals surface area contributed by atoms with E-state index in [-0.39, 0.29) is 37.9 Å². The molecule has 0 spiro atoms. The highest BCUT2D eigenvalue weighted by molar-refractivity contribution is 7.33. The molecule has 10 heteroatoms. The van der Waals surface area contributed by atoms with Gasteiger partial charge in [-0.15, -0.1) is 11.3 Å². The third-order valence-corrected chi connectivity index (χ3v) is 13.0. The number of benzene rings is 5. The molecule has 5 aromatic carbocycles. The Kier molecular flexibility index (Phi) is 6.62. The maximum atomic E-state index is 6.18. The minimum Gasteiger partial charge on any atom is -0.454 e. The third kappa shape index (κ3) is 4.64. The molecule has 55 heavy (non-hydrogen) atoms. The molecule has 276 valence electrons. The fourth-order valence-corrected chi connectivity index (χ4v) is 10.3. The molecular weight excluding hydrogens is 707 g/mol. The maximum absolute atomic E-state index is 6.18. The van der Waals surface area contributed by atoms with Gasteiger partial charge < -0.3 is 38.2 Å². The molecule has 0 aliphatic carbocycles. The van der Waals surface area contributed by atoms with Gasteiger partial charge in [0.1, 0.15) is 0 Å². The number of thiophene rings is 1. The Hall–Kier alpha value is -5.48. The van der Waals surface area contributed by atoms with Crippen molar-refractivity contribution in [2.45, 2.75) is 66.2 Å². The standard InChI is InChI=1S/C45H41BN2O6S/c1-23-13-37-42(54-22-53-37)24(2)40(23)48-32-16-26(45(6,7)8)15-31-39(32)46(43-41(48)28-14-25(44(3,4)5)9-12-38(28)55-43)29-18-35-36(52-21-51-35)19-30(29)47(31)27-10-11-33-34(17-27)50-20-49-33/h9-19H,20-22H2,1-8H3. The molecule has 11 rings (SSSR count). The van der Waals surface area contributed by atoms with E-state index in [1.165, 1.54) is 42.6 Å². The van der Waals surface area contributed by atoms with Gasteiger partial charge in [-0.2, -0.15) is 0 Å². The average Bonchev–Trinajstić information content (AvgIpc) is 3.96. The second-order valence-electron chi connectivity index (χ2n) is 17.3. The van der Waals surface area contributed by atoms with Gasteiger partial charge in [-0.1, -0.05) is 47.6 Å². The minimum atomic E-state index is -0.169. The van der Waals surface area contributed by atoms with Crippen LogP contribution in [0.1, 0.15) is 63.8 Å². The van der Waals surface area contributed by atoms with E-state index >= 15 is 0 Å². The van der Waals surface area contributed by atoms with Crippen molar-refractivity contribution in [1.82, 2.24) is 0 Å². The Labute approximate surface area is 325 Å². The van der Waals surface area contributed by atoms with E-state index in [4.69, 9.17) is 28.4 Å². The van der Waals surface area contributed by atoms with Gasteiger partial charge in [0.25, 0.3) is 6.71 Å². The van der Waals surface area contributed by atoms with Crippen LogP contribution in [0.3, 0.4) is 0 Å². The molecule has 0 saturated carbocycles. The number of nitrogens with zero attached hydrogens (tertiary/aromatic N) is 2. The van der Waals surface area contributed by atoms with Crippen LogP contribution in [0, 0.1) is 13.8 Å². The normalized spacial score (nSPS) is 15.8. The quantitative estimate of drug-likeness (QED) is 0.162. The molecule has 6 aromatic rings. The van der Waals surface area contributed by atoms with Crippen molar-refractivity contribution in [2.24, 2.45) is 0 Å². The number of hydrogen-bond acceptors (Lipinski definition) is 9. The largest absolute Gasteiger partial charge is 0.454 e. The number of anilines is 6. The zero-order chi connectivity index (χ0) is 37.7. The first-order valence-electron chi connectivity index (χ1n) is 18.9. The van der Waals surface area contributed by atoms with Gasteiger partial charge in [0.15, 0.2) is 34.5 Å². The molecule has 5 aliphatic rings. The first-order chi connectivity index (χ1) is 26.3. The van der Waals surface area contributed by atoms with Crippen molar-refractivity contribution >= 4 is 78.0 Å². The summed E-state index contributed by atoms with van der Waals surface area (Å²) < 4.78 is 38.6. The molecular formula is C45H41BN2O6S. The number of hydrogen-bond donors (Lipinski definition) is 0. The Morgan fingerprint density at radius 1 is 0.582 bits per heavy atom. The molecule has 0 amide bonds. The Bertz CT molecular complexity index is 2670. The van der Waals surface area contributed by atoms with E-state index in [2.05, 4.69) is 126 Å². The summed E-state index contributed by atoms with van der Waals surface area (Å²) in [5.41, 5.74) is 13.6. The molecule has 0 unspecified atom stereocenters. The number of ether oxygens (including phenoxy) is 6. The summed E-state index contributed by atoms with van der Waals surface area (Å²) in [6.07, 6.45) is 0. The van der Waals surface area contributed by atoms with Crippen LogP contribution in [0.15, 0.2) is 66.7 Å². The molecule has 6 heterocycles. The molecule has 0 N–H and O–H groups in total. The highest BCUT2D eigenvalue weighted by Gasteiger charge is 2.47. The van der Waals surface area contributed by atoms with Crippen molar-refractivity contribution in [3.05, 3.63) is 89.0 Å². The van der Waals surface area contributed by atoms with Crippen molar-refractivity contribution < 1.29 is 28.4 Å². The second-order valence-corrected chi connectivity index (χ2v) is 18.3. The molecule has 0 atom stereocenters. The molecule has 0 saturated heterocycles. The topological polar surface area (TPSA) is 61.9 Å². The van der Waals surface area contributed by atoms with E-state index in [9.17, 15) is 0 Å². The first kappa shape index (κ1) is 32.9. The van der Waals surface area contributed by atoms with Crippen molar-refractivity contribution in [2.75, 3.05) is 30.2 Å². The van der Waals surface area contributed by atoms with E-state index in [0.717, 1.165) is 74.1 Å². The van der Waals surface area contributed by atoms with Crippen molar-refractivity contribution in [1.29, 1.82) is 0 Å². The summed E-state index contributed by atoms with van der Waals surface area (Å²) in [7, 11) is 0. The highest BCUT2D eigenvalue weighted by Crippen LogP contribution is 2.54. The van der Waals surface area contributed by atoms with Crippen LogP contribution in [-0.4, -0.2) is 27.1 Å².